The van der Waals surface area contributed by atoms with E-state index in [1.165, 1.54) is 12.1 Å². The Morgan fingerprint density at radius 1 is 0.938 bits per heavy atom. The Labute approximate surface area is 185 Å². The van der Waals surface area contributed by atoms with Crippen LogP contribution in [0.3, 0.4) is 0 Å². The number of carbonyl (C=O) groups is 1. The minimum absolute atomic E-state index is 0.256. The molecule has 7 heteroatoms. The number of carbonyl (C=O) groups excluding carboxylic acids is 1. The molecule has 0 atom stereocenters. The summed E-state index contributed by atoms with van der Waals surface area (Å²) in [7, 11) is 0. The molecule has 0 unspecified atom stereocenters. The minimum Gasteiger partial charge on any atom is -0.492 e. The fourth-order valence-corrected chi connectivity index (χ4v) is 3.10. The van der Waals surface area contributed by atoms with Crippen LogP contribution >= 0.6 is 0 Å². The number of benzene rings is 3. The van der Waals surface area contributed by atoms with Crippen molar-refractivity contribution in [1.82, 2.24) is 9.97 Å². The van der Waals surface area contributed by atoms with E-state index in [0.717, 1.165) is 11.1 Å². The van der Waals surface area contributed by atoms with E-state index in [2.05, 4.69) is 20.6 Å². The molecule has 0 radical (unpaired) electrons. The lowest BCUT2D eigenvalue weighted by Gasteiger charge is -2.12. The Morgan fingerprint density at radius 3 is 2.44 bits per heavy atom. The van der Waals surface area contributed by atoms with Gasteiger partial charge in [-0.15, -0.1) is 0 Å². The van der Waals surface area contributed by atoms with Crippen molar-refractivity contribution in [2.75, 3.05) is 17.2 Å². The highest BCUT2D eigenvalue weighted by Gasteiger charge is 2.11. The van der Waals surface area contributed by atoms with E-state index >= 15 is 0 Å². The SMILES string of the molecule is CCOc1ccccc1NC(=O)c1cccc(Nc2ncc(-c3ccc(F)cc3)cn2)c1. The van der Waals surface area contributed by atoms with Crippen molar-refractivity contribution in [2.45, 2.75) is 6.92 Å². The summed E-state index contributed by atoms with van der Waals surface area (Å²) in [5, 5.41) is 5.98. The first kappa shape index (κ1) is 21.0. The average Bonchev–Trinajstić information content (AvgIpc) is 2.82. The fraction of sp³-hybridized carbons (Fsp3) is 0.0800. The standard InChI is InChI=1S/C25H21FN4O2/c1-2-32-23-9-4-3-8-22(23)30-24(31)18-6-5-7-21(14-18)29-25-27-15-19(16-28-25)17-10-12-20(26)13-11-17/h3-16H,2H2,1H3,(H,30,31)(H,27,28,29). The number of hydrogen-bond acceptors (Lipinski definition) is 5. The molecule has 0 bridgehead atoms. The monoisotopic (exact) mass is 428 g/mol. The third-order valence-corrected chi connectivity index (χ3v) is 4.65. The Balaban J connectivity index is 1.46. The molecule has 0 fully saturated rings. The van der Waals surface area contributed by atoms with E-state index in [0.29, 0.717) is 35.2 Å². The van der Waals surface area contributed by atoms with Crippen LogP contribution in [0.4, 0.5) is 21.7 Å². The van der Waals surface area contributed by atoms with Crippen LogP contribution in [0.25, 0.3) is 11.1 Å². The summed E-state index contributed by atoms with van der Waals surface area (Å²) in [4.78, 5) is 21.4. The number of halogens is 1. The van der Waals surface area contributed by atoms with Crippen LogP contribution in [0.1, 0.15) is 17.3 Å². The molecule has 2 N–H and O–H groups in total. The molecule has 1 aromatic heterocycles. The van der Waals surface area contributed by atoms with E-state index in [9.17, 15) is 9.18 Å². The number of anilines is 3. The zero-order valence-corrected chi connectivity index (χ0v) is 17.4. The van der Waals surface area contributed by atoms with Gasteiger partial charge in [0.2, 0.25) is 5.95 Å². The lowest BCUT2D eigenvalue weighted by molar-refractivity contribution is 0.102. The molecule has 0 aliphatic carbocycles. The summed E-state index contributed by atoms with van der Waals surface area (Å²) in [6, 6.07) is 20.5. The second-order valence-electron chi connectivity index (χ2n) is 6.89. The van der Waals surface area contributed by atoms with Gasteiger partial charge in [-0.05, 0) is 55.0 Å². The molecule has 0 saturated carbocycles. The first-order chi connectivity index (χ1) is 15.6. The van der Waals surface area contributed by atoms with E-state index in [-0.39, 0.29) is 11.7 Å². The van der Waals surface area contributed by atoms with Gasteiger partial charge in [-0.1, -0.05) is 30.3 Å². The molecule has 0 spiro atoms. The summed E-state index contributed by atoms with van der Waals surface area (Å²) >= 11 is 0. The Kier molecular flexibility index (Phi) is 6.36. The van der Waals surface area contributed by atoms with Crippen LogP contribution in [0.5, 0.6) is 5.75 Å². The quantitative estimate of drug-likeness (QED) is 0.396. The van der Waals surface area contributed by atoms with Crippen LogP contribution in [-0.2, 0) is 0 Å². The Bertz CT molecular complexity index is 1210. The fourth-order valence-electron chi connectivity index (χ4n) is 3.10. The molecule has 0 saturated heterocycles. The van der Waals surface area contributed by atoms with E-state index in [1.54, 1.807) is 48.8 Å². The topological polar surface area (TPSA) is 76.1 Å². The number of rotatable bonds is 7. The van der Waals surface area contributed by atoms with Crippen LogP contribution < -0.4 is 15.4 Å². The summed E-state index contributed by atoms with van der Waals surface area (Å²) in [5.74, 6) is 0.453. The van der Waals surface area contributed by atoms with Gasteiger partial charge in [-0.3, -0.25) is 4.79 Å². The van der Waals surface area contributed by atoms with Crippen molar-refractivity contribution in [1.29, 1.82) is 0 Å². The van der Waals surface area contributed by atoms with Gasteiger partial charge in [-0.25, -0.2) is 14.4 Å². The molecule has 4 rings (SSSR count). The van der Waals surface area contributed by atoms with E-state index < -0.39 is 0 Å². The Morgan fingerprint density at radius 2 is 1.69 bits per heavy atom. The number of ether oxygens (including phenoxy) is 1. The summed E-state index contributed by atoms with van der Waals surface area (Å²) < 4.78 is 18.7. The van der Waals surface area contributed by atoms with Crippen LogP contribution in [0.2, 0.25) is 0 Å². The van der Waals surface area contributed by atoms with Crippen molar-refractivity contribution in [3.63, 3.8) is 0 Å². The van der Waals surface area contributed by atoms with Crippen molar-refractivity contribution >= 4 is 23.2 Å². The maximum atomic E-state index is 13.1. The highest BCUT2D eigenvalue weighted by atomic mass is 19.1. The number of amides is 1. The van der Waals surface area contributed by atoms with Gasteiger partial charge in [0.05, 0.1) is 12.3 Å². The average molecular weight is 428 g/mol. The maximum Gasteiger partial charge on any atom is 0.255 e. The predicted molar refractivity (Wildman–Crippen MR) is 123 cm³/mol. The number of para-hydroxylation sites is 2. The third-order valence-electron chi connectivity index (χ3n) is 4.65. The molecular weight excluding hydrogens is 407 g/mol. The molecule has 4 aromatic rings. The van der Waals surface area contributed by atoms with E-state index in [4.69, 9.17) is 4.74 Å². The zero-order valence-electron chi connectivity index (χ0n) is 17.4. The summed E-state index contributed by atoms with van der Waals surface area (Å²) in [6.45, 7) is 2.40. The second kappa shape index (κ2) is 9.70. The molecule has 0 aliphatic rings. The van der Waals surface area contributed by atoms with Gasteiger partial charge >= 0.3 is 0 Å². The molecule has 3 aromatic carbocycles. The van der Waals surface area contributed by atoms with Gasteiger partial charge in [0.1, 0.15) is 11.6 Å². The molecule has 1 amide bonds. The summed E-state index contributed by atoms with van der Waals surface area (Å²) in [6.07, 6.45) is 3.31. The van der Waals surface area contributed by atoms with Gasteiger partial charge < -0.3 is 15.4 Å². The van der Waals surface area contributed by atoms with Crippen LogP contribution in [0, 0.1) is 5.82 Å². The van der Waals surface area contributed by atoms with Gasteiger partial charge in [0, 0.05) is 29.2 Å². The second-order valence-corrected chi connectivity index (χ2v) is 6.89. The third kappa shape index (κ3) is 5.07. The lowest BCUT2D eigenvalue weighted by Crippen LogP contribution is -2.13. The molecule has 32 heavy (non-hydrogen) atoms. The number of nitrogens with zero attached hydrogens (tertiary/aromatic N) is 2. The maximum absolute atomic E-state index is 13.1. The zero-order chi connectivity index (χ0) is 22.3. The summed E-state index contributed by atoms with van der Waals surface area (Å²) in [5.41, 5.74) is 3.35. The largest absolute Gasteiger partial charge is 0.492 e. The first-order valence-electron chi connectivity index (χ1n) is 10.1. The van der Waals surface area contributed by atoms with Crippen molar-refractivity contribution < 1.29 is 13.9 Å². The molecule has 1 heterocycles. The van der Waals surface area contributed by atoms with Crippen LogP contribution in [-0.4, -0.2) is 22.5 Å². The van der Waals surface area contributed by atoms with Crippen molar-refractivity contribution in [2.24, 2.45) is 0 Å². The van der Waals surface area contributed by atoms with Crippen LogP contribution in [0.15, 0.2) is 85.2 Å². The number of nitrogens with one attached hydrogen (secondary N) is 2. The van der Waals surface area contributed by atoms with Crippen molar-refractivity contribution in [3.05, 3.63) is 96.6 Å². The highest BCUT2D eigenvalue weighted by molar-refractivity contribution is 6.05. The smallest absolute Gasteiger partial charge is 0.255 e. The highest BCUT2D eigenvalue weighted by Crippen LogP contribution is 2.25. The van der Waals surface area contributed by atoms with Crippen molar-refractivity contribution in [3.8, 4) is 16.9 Å². The van der Waals surface area contributed by atoms with E-state index in [1.807, 2.05) is 31.2 Å². The van der Waals surface area contributed by atoms with Gasteiger partial charge in [0.15, 0.2) is 0 Å². The predicted octanol–water partition coefficient (Wildman–Crippen LogP) is 5.68. The minimum atomic E-state index is -0.293. The lowest BCUT2D eigenvalue weighted by atomic mass is 10.1. The molecule has 0 aliphatic heterocycles. The number of hydrogen-bond donors (Lipinski definition) is 2. The van der Waals surface area contributed by atoms with Gasteiger partial charge in [-0.2, -0.15) is 0 Å². The molecular formula is C25H21FN4O2. The molecule has 160 valence electrons. The normalized spacial score (nSPS) is 10.4. The Hall–Kier alpha value is -4.26. The number of aromatic nitrogens is 2. The molecule has 6 nitrogen and oxygen atoms in total. The first-order valence-corrected chi connectivity index (χ1v) is 10.1. The van der Waals surface area contributed by atoms with Gasteiger partial charge in [0.25, 0.3) is 5.91 Å².